The van der Waals surface area contributed by atoms with Gasteiger partial charge >= 0.3 is 0 Å². The van der Waals surface area contributed by atoms with Gasteiger partial charge in [-0.15, -0.1) is 11.3 Å². The van der Waals surface area contributed by atoms with Gasteiger partial charge in [0.05, 0.1) is 17.5 Å². The van der Waals surface area contributed by atoms with Crippen LogP contribution < -0.4 is 0 Å². The smallest absolute Gasteiger partial charge is 0.169 e. The Kier molecular flexibility index (Phi) is 5.15. The van der Waals surface area contributed by atoms with Gasteiger partial charge in [0.2, 0.25) is 0 Å². The minimum atomic E-state index is 0.161. The van der Waals surface area contributed by atoms with E-state index in [0.29, 0.717) is 0 Å². The Hall–Kier alpha value is -2.09. The maximum absolute atomic E-state index is 5.98. The summed E-state index contributed by atoms with van der Waals surface area (Å²) in [6.45, 7) is 4.37. The highest BCUT2D eigenvalue weighted by atomic mass is 32.1. The Morgan fingerprint density at radius 2 is 2.16 bits per heavy atom. The summed E-state index contributed by atoms with van der Waals surface area (Å²) in [5, 5.41) is 6.33. The molecule has 0 radical (unpaired) electrons. The van der Waals surface area contributed by atoms with E-state index in [-0.39, 0.29) is 6.10 Å². The summed E-state index contributed by atoms with van der Waals surface area (Å²) in [4.78, 5) is 12.6. The zero-order valence-corrected chi connectivity index (χ0v) is 14.8. The average molecular weight is 355 g/mol. The molecular formula is C18H21N5OS. The number of nitrogens with zero attached hydrogens (tertiary/aromatic N) is 5. The molecule has 0 N–H and O–H groups in total. The number of hydrogen-bond acceptors (Lipinski definition) is 6. The zero-order valence-electron chi connectivity index (χ0n) is 14.0. The fraction of sp³-hybridized carbons (Fsp3) is 0.389. The lowest BCUT2D eigenvalue weighted by molar-refractivity contribution is 0.0391. The Bertz CT molecular complexity index is 757. The van der Waals surface area contributed by atoms with Crippen molar-refractivity contribution >= 4 is 11.3 Å². The lowest BCUT2D eigenvalue weighted by Crippen LogP contribution is -2.34. The summed E-state index contributed by atoms with van der Waals surface area (Å²) < 4.78 is 7.92. The van der Waals surface area contributed by atoms with E-state index in [0.717, 1.165) is 55.5 Å². The zero-order chi connectivity index (χ0) is 16.9. The van der Waals surface area contributed by atoms with Crippen LogP contribution in [0.4, 0.5) is 0 Å². The highest BCUT2D eigenvalue weighted by Gasteiger charge is 2.19. The van der Waals surface area contributed by atoms with Crippen molar-refractivity contribution < 1.29 is 4.74 Å². The Morgan fingerprint density at radius 3 is 2.92 bits per heavy atom. The first-order valence-corrected chi connectivity index (χ1v) is 9.41. The molecule has 4 heterocycles. The van der Waals surface area contributed by atoms with Gasteiger partial charge in [0.15, 0.2) is 5.82 Å². The summed E-state index contributed by atoms with van der Waals surface area (Å²) in [5.74, 6) is 0.800. The van der Waals surface area contributed by atoms with Crippen molar-refractivity contribution in [1.29, 1.82) is 0 Å². The molecule has 0 saturated carbocycles. The molecule has 1 aliphatic rings. The van der Waals surface area contributed by atoms with Crippen LogP contribution in [0.3, 0.4) is 0 Å². The largest absolute Gasteiger partial charge is 0.375 e. The predicted molar refractivity (Wildman–Crippen MR) is 97.2 cm³/mol. The summed E-state index contributed by atoms with van der Waals surface area (Å²) >= 11 is 1.66. The van der Waals surface area contributed by atoms with Crippen molar-refractivity contribution in [2.75, 3.05) is 19.7 Å². The molecule has 3 aromatic rings. The molecule has 130 valence electrons. The van der Waals surface area contributed by atoms with Crippen molar-refractivity contribution in [3.63, 3.8) is 0 Å². The Balaban J connectivity index is 1.38. The van der Waals surface area contributed by atoms with E-state index in [1.165, 1.54) is 0 Å². The fourth-order valence-electron chi connectivity index (χ4n) is 3.07. The van der Waals surface area contributed by atoms with E-state index in [2.05, 4.69) is 20.0 Å². The SMILES string of the molecule is c1csc(-c2ncc(CN3CCCO[C@@H](Cn4cccn4)C3)cn2)c1. The number of rotatable bonds is 5. The number of hydrogen-bond donors (Lipinski definition) is 0. The first-order valence-electron chi connectivity index (χ1n) is 8.53. The normalized spacial score (nSPS) is 19.0. The van der Waals surface area contributed by atoms with Crippen molar-refractivity contribution in [2.45, 2.75) is 25.6 Å². The molecule has 25 heavy (non-hydrogen) atoms. The van der Waals surface area contributed by atoms with Gasteiger partial charge in [-0.05, 0) is 23.9 Å². The number of aromatic nitrogens is 4. The second kappa shape index (κ2) is 7.86. The highest BCUT2D eigenvalue weighted by molar-refractivity contribution is 7.13. The first kappa shape index (κ1) is 16.4. The summed E-state index contributed by atoms with van der Waals surface area (Å²) in [6.07, 6.45) is 8.88. The van der Waals surface area contributed by atoms with E-state index in [9.17, 15) is 0 Å². The molecule has 0 unspecified atom stereocenters. The average Bonchev–Trinajstić information content (AvgIpc) is 3.29. The number of ether oxygens (including phenoxy) is 1. The monoisotopic (exact) mass is 355 g/mol. The van der Waals surface area contributed by atoms with Gasteiger partial charge in [0, 0.05) is 56.6 Å². The standard InChI is InChI=1S/C18H21N5OS/c1-4-17(25-9-1)18-19-10-15(11-20-18)12-22-6-3-8-24-16(13-22)14-23-7-2-5-21-23/h1-2,4-5,7,9-11,16H,3,6,8,12-14H2/t16-/m1/s1. The third-order valence-corrected chi connectivity index (χ3v) is 5.10. The highest BCUT2D eigenvalue weighted by Crippen LogP contribution is 2.20. The minimum absolute atomic E-state index is 0.161. The molecule has 1 fully saturated rings. The van der Waals surface area contributed by atoms with Crippen LogP contribution >= 0.6 is 11.3 Å². The van der Waals surface area contributed by atoms with Crippen LogP contribution in [0.25, 0.3) is 10.7 Å². The quantitative estimate of drug-likeness (QED) is 0.704. The fourth-order valence-corrected chi connectivity index (χ4v) is 3.74. The van der Waals surface area contributed by atoms with Gasteiger partial charge in [0.1, 0.15) is 0 Å². The van der Waals surface area contributed by atoms with Gasteiger partial charge in [-0.25, -0.2) is 9.97 Å². The van der Waals surface area contributed by atoms with Crippen LogP contribution in [0.1, 0.15) is 12.0 Å². The van der Waals surface area contributed by atoms with Crippen LogP contribution in [0.2, 0.25) is 0 Å². The Morgan fingerprint density at radius 1 is 1.24 bits per heavy atom. The van der Waals surface area contributed by atoms with E-state index >= 15 is 0 Å². The second-order valence-electron chi connectivity index (χ2n) is 6.20. The predicted octanol–water partition coefficient (Wildman–Crippen LogP) is 2.69. The molecule has 1 atom stereocenters. The van der Waals surface area contributed by atoms with Crippen LogP contribution in [0.5, 0.6) is 0 Å². The van der Waals surface area contributed by atoms with Gasteiger partial charge in [-0.1, -0.05) is 6.07 Å². The second-order valence-corrected chi connectivity index (χ2v) is 7.15. The molecule has 7 heteroatoms. The molecule has 6 nitrogen and oxygen atoms in total. The van der Waals surface area contributed by atoms with Crippen LogP contribution in [0, 0.1) is 0 Å². The third-order valence-electron chi connectivity index (χ3n) is 4.24. The topological polar surface area (TPSA) is 56.1 Å². The summed E-state index contributed by atoms with van der Waals surface area (Å²) in [6, 6.07) is 6.01. The van der Waals surface area contributed by atoms with Crippen molar-refractivity contribution in [1.82, 2.24) is 24.6 Å². The molecule has 0 aliphatic carbocycles. The van der Waals surface area contributed by atoms with E-state index in [1.54, 1.807) is 17.5 Å². The van der Waals surface area contributed by atoms with E-state index in [4.69, 9.17) is 4.74 Å². The molecule has 1 saturated heterocycles. The van der Waals surface area contributed by atoms with Gasteiger partial charge < -0.3 is 4.74 Å². The van der Waals surface area contributed by atoms with Crippen LogP contribution in [-0.2, 0) is 17.8 Å². The Labute approximate surface area is 151 Å². The van der Waals surface area contributed by atoms with Crippen molar-refractivity contribution in [2.24, 2.45) is 0 Å². The van der Waals surface area contributed by atoms with Crippen molar-refractivity contribution in [3.05, 3.63) is 53.9 Å². The first-order chi connectivity index (χ1) is 12.4. The summed E-state index contributed by atoms with van der Waals surface area (Å²) in [5.41, 5.74) is 1.14. The molecule has 4 rings (SSSR count). The third kappa shape index (κ3) is 4.31. The maximum atomic E-state index is 5.98. The molecular weight excluding hydrogens is 334 g/mol. The summed E-state index contributed by atoms with van der Waals surface area (Å²) in [7, 11) is 0. The van der Waals surface area contributed by atoms with E-state index < -0.39 is 0 Å². The lowest BCUT2D eigenvalue weighted by atomic mass is 10.2. The maximum Gasteiger partial charge on any atom is 0.169 e. The van der Waals surface area contributed by atoms with Crippen LogP contribution in [-0.4, -0.2) is 50.4 Å². The molecule has 3 aromatic heterocycles. The molecule has 0 amide bonds. The molecule has 1 aliphatic heterocycles. The molecule has 0 aromatic carbocycles. The minimum Gasteiger partial charge on any atom is -0.375 e. The van der Waals surface area contributed by atoms with Crippen molar-refractivity contribution in [3.8, 4) is 10.7 Å². The van der Waals surface area contributed by atoms with Gasteiger partial charge in [-0.2, -0.15) is 5.10 Å². The lowest BCUT2D eigenvalue weighted by Gasteiger charge is -2.23. The van der Waals surface area contributed by atoms with Crippen LogP contribution in [0.15, 0.2) is 48.4 Å². The van der Waals surface area contributed by atoms with E-state index in [1.807, 2.05) is 46.9 Å². The van der Waals surface area contributed by atoms with Gasteiger partial charge in [0.25, 0.3) is 0 Å². The van der Waals surface area contributed by atoms with Gasteiger partial charge in [-0.3, -0.25) is 9.58 Å². The molecule has 0 spiro atoms. The molecule has 0 bridgehead atoms. The number of thiophene rings is 1.